The fraction of sp³-hybridized carbons (Fsp3) is 0.250. The van der Waals surface area contributed by atoms with E-state index in [1.807, 2.05) is 12.1 Å². The summed E-state index contributed by atoms with van der Waals surface area (Å²) in [5.41, 5.74) is 0.906. The highest BCUT2D eigenvalue weighted by Crippen LogP contribution is 2.31. The van der Waals surface area contributed by atoms with Crippen molar-refractivity contribution in [1.29, 1.82) is 0 Å². The van der Waals surface area contributed by atoms with Crippen molar-refractivity contribution < 1.29 is 9.84 Å². The molecule has 0 fully saturated rings. The fourth-order valence-electron chi connectivity index (χ4n) is 0.851. The lowest BCUT2D eigenvalue weighted by molar-refractivity contribution is 0.280. The molecule has 0 aliphatic heterocycles. The predicted octanol–water partition coefficient (Wildman–Crippen LogP) is 2.55. The molecule has 0 aliphatic rings. The van der Waals surface area contributed by atoms with Crippen LogP contribution in [0.4, 0.5) is 0 Å². The molecule has 1 N–H and O–H groups in total. The Balaban J connectivity index is 3.20. The average Bonchev–Trinajstić information content (AvgIpc) is 2.10. The second-order valence-electron chi connectivity index (χ2n) is 2.21. The molecule has 0 saturated carbocycles. The monoisotopic (exact) mass is 342 g/mol. The molecular weight excluding hydrogens is 335 g/mol. The zero-order valence-electron chi connectivity index (χ0n) is 6.47. The topological polar surface area (TPSA) is 29.5 Å². The van der Waals surface area contributed by atoms with Crippen LogP contribution >= 0.6 is 38.5 Å². The first kappa shape index (κ1) is 10.3. The summed E-state index contributed by atoms with van der Waals surface area (Å²) in [6, 6.07) is 3.68. The van der Waals surface area contributed by atoms with Gasteiger partial charge in [0.25, 0.3) is 0 Å². The minimum Gasteiger partial charge on any atom is -0.496 e. The maximum atomic E-state index is 8.94. The Bertz CT molecular complexity index is 260. The first-order valence-electron chi connectivity index (χ1n) is 3.32. The number of aliphatic hydroxyl groups is 1. The van der Waals surface area contributed by atoms with E-state index >= 15 is 0 Å². The summed E-state index contributed by atoms with van der Waals surface area (Å²) in [5, 5.41) is 8.94. The highest BCUT2D eigenvalue weighted by molar-refractivity contribution is 14.1. The van der Waals surface area contributed by atoms with Crippen LogP contribution in [0.25, 0.3) is 0 Å². The molecule has 0 atom stereocenters. The van der Waals surface area contributed by atoms with E-state index in [-0.39, 0.29) is 6.61 Å². The fourth-order valence-corrected chi connectivity index (χ4v) is 2.02. The summed E-state index contributed by atoms with van der Waals surface area (Å²) in [4.78, 5) is 0. The zero-order chi connectivity index (χ0) is 9.14. The Morgan fingerprint density at radius 1 is 1.58 bits per heavy atom. The number of aliphatic hydroxyl groups excluding tert-OH is 1. The lowest BCUT2D eigenvalue weighted by Gasteiger charge is -2.07. The van der Waals surface area contributed by atoms with E-state index in [1.165, 1.54) is 0 Å². The van der Waals surface area contributed by atoms with Crippen LogP contribution in [0.1, 0.15) is 5.56 Å². The number of rotatable bonds is 2. The summed E-state index contributed by atoms with van der Waals surface area (Å²) in [6.45, 7) is 0.0564. The minimum absolute atomic E-state index is 0.0564. The van der Waals surface area contributed by atoms with Gasteiger partial charge >= 0.3 is 0 Å². The number of halogens is 2. The number of methoxy groups -OCH3 is 1. The van der Waals surface area contributed by atoms with Crippen LogP contribution in [0.5, 0.6) is 5.75 Å². The van der Waals surface area contributed by atoms with Gasteiger partial charge in [-0.2, -0.15) is 0 Å². The van der Waals surface area contributed by atoms with Crippen LogP contribution in [0.15, 0.2) is 16.6 Å². The maximum absolute atomic E-state index is 8.94. The molecule has 0 spiro atoms. The third kappa shape index (κ3) is 1.92. The van der Waals surface area contributed by atoms with Crippen LogP contribution in [-0.4, -0.2) is 12.2 Å². The van der Waals surface area contributed by atoms with Gasteiger partial charge in [-0.25, -0.2) is 0 Å². The standard InChI is InChI=1S/C8H8BrIO2/c1-12-6-3-2-5(4-11)8(10)7(6)9/h2-3,11H,4H2,1H3. The summed E-state index contributed by atoms with van der Waals surface area (Å²) < 4.78 is 6.99. The summed E-state index contributed by atoms with van der Waals surface area (Å²) in [6.07, 6.45) is 0. The van der Waals surface area contributed by atoms with E-state index in [0.717, 1.165) is 19.4 Å². The van der Waals surface area contributed by atoms with Gasteiger partial charge in [0.05, 0.1) is 18.2 Å². The molecular formula is C8H8BrIO2. The second kappa shape index (κ2) is 4.43. The first-order valence-corrected chi connectivity index (χ1v) is 5.19. The molecule has 2 nitrogen and oxygen atoms in total. The van der Waals surface area contributed by atoms with Gasteiger partial charge in [-0.15, -0.1) is 0 Å². The molecule has 0 aromatic heterocycles. The third-order valence-electron chi connectivity index (χ3n) is 1.52. The minimum atomic E-state index is 0.0564. The van der Waals surface area contributed by atoms with Crippen molar-refractivity contribution in [2.75, 3.05) is 7.11 Å². The zero-order valence-corrected chi connectivity index (χ0v) is 10.2. The van der Waals surface area contributed by atoms with Gasteiger partial charge in [0, 0.05) is 3.57 Å². The molecule has 1 aromatic rings. The van der Waals surface area contributed by atoms with Crippen LogP contribution in [0.3, 0.4) is 0 Å². The van der Waals surface area contributed by atoms with E-state index in [2.05, 4.69) is 38.5 Å². The average molecular weight is 343 g/mol. The second-order valence-corrected chi connectivity index (χ2v) is 4.08. The predicted molar refractivity (Wildman–Crippen MR) is 59.3 cm³/mol. The number of ether oxygens (including phenoxy) is 1. The van der Waals surface area contributed by atoms with Gasteiger partial charge in [0.15, 0.2) is 0 Å². The van der Waals surface area contributed by atoms with E-state index in [4.69, 9.17) is 9.84 Å². The first-order chi connectivity index (χ1) is 5.70. The largest absolute Gasteiger partial charge is 0.496 e. The highest BCUT2D eigenvalue weighted by Gasteiger charge is 2.07. The van der Waals surface area contributed by atoms with Crippen molar-refractivity contribution in [2.24, 2.45) is 0 Å². The molecule has 12 heavy (non-hydrogen) atoms. The van der Waals surface area contributed by atoms with E-state index in [1.54, 1.807) is 7.11 Å². The van der Waals surface area contributed by atoms with Crippen molar-refractivity contribution in [2.45, 2.75) is 6.61 Å². The number of hydrogen-bond donors (Lipinski definition) is 1. The quantitative estimate of drug-likeness (QED) is 0.837. The Kier molecular flexibility index (Phi) is 3.79. The molecule has 0 saturated heterocycles. The summed E-state index contributed by atoms with van der Waals surface area (Å²) in [5.74, 6) is 0.789. The molecule has 66 valence electrons. The van der Waals surface area contributed by atoms with Gasteiger partial charge in [-0.3, -0.25) is 0 Å². The molecule has 0 heterocycles. The lowest BCUT2D eigenvalue weighted by atomic mass is 10.2. The summed E-state index contributed by atoms with van der Waals surface area (Å²) in [7, 11) is 1.62. The maximum Gasteiger partial charge on any atom is 0.134 e. The smallest absolute Gasteiger partial charge is 0.134 e. The van der Waals surface area contributed by atoms with E-state index in [0.29, 0.717) is 0 Å². The molecule has 0 radical (unpaired) electrons. The SMILES string of the molecule is COc1ccc(CO)c(I)c1Br. The third-order valence-corrected chi connectivity index (χ3v) is 4.28. The molecule has 0 bridgehead atoms. The molecule has 0 aliphatic carbocycles. The molecule has 0 unspecified atom stereocenters. The van der Waals surface area contributed by atoms with Gasteiger partial charge < -0.3 is 9.84 Å². The van der Waals surface area contributed by atoms with Crippen molar-refractivity contribution >= 4 is 38.5 Å². The lowest BCUT2D eigenvalue weighted by Crippen LogP contribution is -1.92. The molecule has 1 rings (SSSR count). The van der Waals surface area contributed by atoms with Crippen LogP contribution in [-0.2, 0) is 6.61 Å². The Morgan fingerprint density at radius 3 is 2.75 bits per heavy atom. The Morgan fingerprint density at radius 2 is 2.25 bits per heavy atom. The van der Waals surface area contributed by atoms with Crippen molar-refractivity contribution in [1.82, 2.24) is 0 Å². The van der Waals surface area contributed by atoms with Gasteiger partial charge in [-0.05, 0) is 50.2 Å². The van der Waals surface area contributed by atoms with E-state index < -0.39 is 0 Å². The van der Waals surface area contributed by atoms with Gasteiger partial charge in [0.1, 0.15) is 5.75 Å². The highest BCUT2D eigenvalue weighted by atomic mass is 127. The molecule has 4 heteroatoms. The normalized spacial score (nSPS) is 10.0. The Hall–Kier alpha value is 0.190. The molecule has 1 aromatic carbocycles. The number of hydrogen-bond acceptors (Lipinski definition) is 2. The molecule has 0 amide bonds. The van der Waals surface area contributed by atoms with Crippen molar-refractivity contribution in [3.05, 3.63) is 25.7 Å². The van der Waals surface area contributed by atoms with Gasteiger partial charge in [-0.1, -0.05) is 6.07 Å². The van der Waals surface area contributed by atoms with E-state index in [9.17, 15) is 0 Å². The van der Waals surface area contributed by atoms with Crippen LogP contribution in [0.2, 0.25) is 0 Å². The van der Waals surface area contributed by atoms with Crippen LogP contribution < -0.4 is 4.74 Å². The van der Waals surface area contributed by atoms with Crippen LogP contribution in [0, 0.1) is 3.57 Å². The number of benzene rings is 1. The van der Waals surface area contributed by atoms with Gasteiger partial charge in [0.2, 0.25) is 0 Å². The van der Waals surface area contributed by atoms with Crippen molar-refractivity contribution in [3.8, 4) is 5.75 Å². The summed E-state index contributed by atoms with van der Waals surface area (Å²) >= 11 is 5.56. The Labute approximate surface area is 93.2 Å². The van der Waals surface area contributed by atoms with Crippen molar-refractivity contribution in [3.63, 3.8) is 0 Å².